The first kappa shape index (κ1) is 22.6. The van der Waals surface area contributed by atoms with Gasteiger partial charge >= 0.3 is 0 Å². The summed E-state index contributed by atoms with van der Waals surface area (Å²) < 4.78 is 4.42. The minimum absolute atomic E-state index is 0.954. The van der Waals surface area contributed by atoms with E-state index in [1.807, 2.05) is 6.07 Å². The van der Waals surface area contributed by atoms with E-state index in [1.165, 1.54) is 32.6 Å². The number of rotatable bonds is 4. The van der Waals surface area contributed by atoms with Crippen molar-refractivity contribution in [1.29, 1.82) is 0 Å². The summed E-state index contributed by atoms with van der Waals surface area (Å²) in [5, 5.41) is 10.1. The second kappa shape index (κ2) is 9.11. The van der Waals surface area contributed by atoms with Crippen molar-refractivity contribution in [3.63, 3.8) is 0 Å². The standard InChI is InChI=1S/C37H25N3/c1-2-11-27(12-3-1)34-25-37(29-19-18-26-10-4-5-13-28(26)24-29)40(38-34)31-22-20-30(21-23-31)39-35-16-8-6-14-32(35)33-15-7-9-17-36(33)39/h1-25H. The second-order valence-electron chi connectivity index (χ2n) is 10.1. The number of fused-ring (bicyclic) bond motifs is 4. The van der Waals surface area contributed by atoms with Gasteiger partial charge in [-0.1, -0.05) is 103 Å². The summed E-state index contributed by atoms with van der Waals surface area (Å²) in [6.07, 6.45) is 0. The van der Waals surface area contributed by atoms with Crippen LogP contribution < -0.4 is 0 Å². The van der Waals surface area contributed by atoms with Crippen molar-refractivity contribution in [3.05, 3.63) is 152 Å². The molecule has 0 N–H and O–H groups in total. The van der Waals surface area contributed by atoms with E-state index in [2.05, 4.69) is 155 Å². The number of benzene rings is 6. The summed E-state index contributed by atoms with van der Waals surface area (Å²) in [6, 6.07) is 53.7. The van der Waals surface area contributed by atoms with Crippen molar-refractivity contribution in [2.75, 3.05) is 0 Å². The molecule has 0 aliphatic rings. The normalized spacial score (nSPS) is 11.5. The first-order valence-electron chi connectivity index (χ1n) is 13.6. The number of para-hydroxylation sites is 2. The van der Waals surface area contributed by atoms with Crippen LogP contribution in [0.2, 0.25) is 0 Å². The molecule has 0 radical (unpaired) electrons. The highest BCUT2D eigenvalue weighted by Gasteiger charge is 2.15. The highest BCUT2D eigenvalue weighted by atomic mass is 15.3. The van der Waals surface area contributed by atoms with Gasteiger partial charge in [0.2, 0.25) is 0 Å². The van der Waals surface area contributed by atoms with Gasteiger partial charge in [0.15, 0.2) is 0 Å². The van der Waals surface area contributed by atoms with Gasteiger partial charge in [-0.3, -0.25) is 0 Å². The van der Waals surface area contributed by atoms with Gasteiger partial charge in [0.1, 0.15) is 0 Å². The summed E-state index contributed by atoms with van der Waals surface area (Å²) >= 11 is 0. The molecule has 8 rings (SSSR count). The van der Waals surface area contributed by atoms with Gasteiger partial charge in [-0.2, -0.15) is 5.10 Å². The predicted molar refractivity (Wildman–Crippen MR) is 166 cm³/mol. The zero-order chi connectivity index (χ0) is 26.5. The molecule has 188 valence electrons. The molecule has 0 saturated heterocycles. The Morgan fingerprint density at radius 3 is 1.75 bits per heavy atom. The van der Waals surface area contributed by atoms with E-state index in [4.69, 9.17) is 5.10 Å². The highest BCUT2D eigenvalue weighted by Crippen LogP contribution is 2.34. The van der Waals surface area contributed by atoms with Crippen LogP contribution in [-0.4, -0.2) is 14.3 Å². The molecule has 0 amide bonds. The summed E-state index contributed by atoms with van der Waals surface area (Å²) in [6.45, 7) is 0. The monoisotopic (exact) mass is 511 g/mol. The number of hydrogen-bond acceptors (Lipinski definition) is 1. The van der Waals surface area contributed by atoms with Crippen LogP contribution in [0.15, 0.2) is 152 Å². The lowest BCUT2D eigenvalue weighted by molar-refractivity contribution is 0.891. The Kier molecular flexibility index (Phi) is 5.14. The van der Waals surface area contributed by atoms with E-state index in [9.17, 15) is 0 Å². The molecule has 0 saturated carbocycles. The highest BCUT2D eigenvalue weighted by molar-refractivity contribution is 6.09. The minimum Gasteiger partial charge on any atom is -0.309 e. The van der Waals surface area contributed by atoms with Crippen molar-refractivity contribution in [2.45, 2.75) is 0 Å². The number of aromatic nitrogens is 3. The molecule has 2 aromatic heterocycles. The zero-order valence-corrected chi connectivity index (χ0v) is 21.8. The second-order valence-corrected chi connectivity index (χ2v) is 10.1. The van der Waals surface area contributed by atoms with Crippen LogP contribution in [0.1, 0.15) is 0 Å². The van der Waals surface area contributed by atoms with Gasteiger partial charge in [0.25, 0.3) is 0 Å². The summed E-state index contributed by atoms with van der Waals surface area (Å²) in [5.74, 6) is 0. The summed E-state index contributed by atoms with van der Waals surface area (Å²) in [7, 11) is 0. The SMILES string of the molecule is c1ccc(-c2cc(-c3ccc4ccccc4c3)n(-c3ccc(-n4c5ccccc5c5ccccc54)cc3)n2)cc1. The number of nitrogens with zero attached hydrogens (tertiary/aromatic N) is 3. The topological polar surface area (TPSA) is 22.8 Å². The van der Waals surface area contributed by atoms with Crippen LogP contribution in [-0.2, 0) is 0 Å². The molecule has 0 atom stereocenters. The molecule has 0 aliphatic carbocycles. The molecule has 0 fully saturated rings. The molecule has 40 heavy (non-hydrogen) atoms. The Bertz CT molecular complexity index is 2100. The fourth-order valence-corrected chi connectivity index (χ4v) is 5.83. The average Bonchev–Trinajstić information content (AvgIpc) is 3.62. The van der Waals surface area contributed by atoms with Gasteiger partial charge < -0.3 is 4.57 Å². The molecule has 0 aliphatic heterocycles. The van der Waals surface area contributed by atoms with E-state index in [0.29, 0.717) is 0 Å². The lowest BCUT2D eigenvalue weighted by Gasteiger charge is -2.11. The number of hydrogen-bond donors (Lipinski definition) is 0. The molecular weight excluding hydrogens is 486 g/mol. The maximum absolute atomic E-state index is 5.11. The molecule has 2 heterocycles. The van der Waals surface area contributed by atoms with Crippen molar-refractivity contribution >= 4 is 32.6 Å². The van der Waals surface area contributed by atoms with E-state index >= 15 is 0 Å². The van der Waals surface area contributed by atoms with Crippen LogP contribution >= 0.6 is 0 Å². The van der Waals surface area contributed by atoms with Crippen molar-refractivity contribution < 1.29 is 0 Å². The maximum Gasteiger partial charge on any atom is 0.0934 e. The maximum atomic E-state index is 5.11. The third kappa shape index (κ3) is 3.63. The predicted octanol–water partition coefficient (Wildman–Crippen LogP) is 9.46. The summed E-state index contributed by atoms with van der Waals surface area (Å²) in [4.78, 5) is 0. The van der Waals surface area contributed by atoms with Gasteiger partial charge in [0.05, 0.1) is 28.1 Å². The summed E-state index contributed by atoms with van der Waals surface area (Å²) in [5.41, 5.74) is 8.82. The van der Waals surface area contributed by atoms with Gasteiger partial charge in [-0.15, -0.1) is 0 Å². The molecule has 6 aromatic carbocycles. The Morgan fingerprint density at radius 2 is 1.02 bits per heavy atom. The fraction of sp³-hybridized carbons (Fsp3) is 0. The third-order valence-electron chi connectivity index (χ3n) is 7.76. The Balaban J connectivity index is 1.29. The molecule has 0 bridgehead atoms. The molecule has 0 spiro atoms. The first-order chi connectivity index (χ1) is 19.8. The quantitative estimate of drug-likeness (QED) is 0.231. The zero-order valence-electron chi connectivity index (χ0n) is 21.8. The molecule has 0 unspecified atom stereocenters. The Labute approximate surface area is 232 Å². The largest absolute Gasteiger partial charge is 0.309 e. The average molecular weight is 512 g/mol. The van der Waals surface area contributed by atoms with E-state index in [1.54, 1.807) is 0 Å². The molecule has 3 heteroatoms. The Morgan fingerprint density at radius 1 is 0.425 bits per heavy atom. The lowest BCUT2D eigenvalue weighted by Crippen LogP contribution is -2.00. The molecular formula is C37H25N3. The van der Waals surface area contributed by atoms with Crippen LogP contribution in [0.4, 0.5) is 0 Å². The molecule has 3 nitrogen and oxygen atoms in total. The van der Waals surface area contributed by atoms with Gasteiger partial charge in [-0.25, -0.2) is 4.68 Å². The first-order valence-corrected chi connectivity index (χ1v) is 13.6. The third-order valence-corrected chi connectivity index (χ3v) is 7.76. The van der Waals surface area contributed by atoms with E-state index in [0.717, 1.165) is 33.9 Å². The van der Waals surface area contributed by atoms with Crippen LogP contribution in [0.5, 0.6) is 0 Å². The Hall–Kier alpha value is -5.41. The van der Waals surface area contributed by atoms with E-state index in [-0.39, 0.29) is 0 Å². The minimum atomic E-state index is 0.954. The fourth-order valence-electron chi connectivity index (χ4n) is 5.83. The van der Waals surface area contributed by atoms with Crippen LogP contribution in [0.25, 0.3) is 66.5 Å². The van der Waals surface area contributed by atoms with Crippen molar-refractivity contribution in [3.8, 4) is 33.9 Å². The molecule has 8 aromatic rings. The van der Waals surface area contributed by atoms with Crippen LogP contribution in [0.3, 0.4) is 0 Å². The van der Waals surface area contributed by atoms with Crippen molar-refractivity contribution in [1.82, 2.24) is 14.3 Å². The lowest BCUT2D eigenvalue weighted by atomic mass is 10.0. The van der Waals surface area contributed by atoms with E-state index < -0.39 is 0 Å². The van der Waals surface area contributed by atoms with Crippen molar-refractivity contribution in [2.24, 2.45) is 0 Å². The smallest absolute Gasteiger partial charge is 0.0934 e. The van der Waals surface area contributed by atoms with Gasteiger partial charge in [0, 0.05) is 27.6 Å². The van der Waals surface area contributed by atoms with Crippen LogP contribution in [0, 0.1) is 0 Å². The van der Waals surface area contributed by atoms with Gasteiger partial charge in [-0.05, 0) is 59.3 Å².